The van der Waals surface area contributed by atoms with Crippen molar-refractivity contribution in [3.05, 3.63) is 64.3 Å². The van der Waals surface area contributed by atoms with E-state index in [0.29, 0.717) is 23.1 Å². The first-order chi connectivity index (χ1) is 14.1. The highest BCUT2D eigenvalue weighted by molar-refractivity contribution is 7.17. The number of hydrogen-bond acceptors (Lipinski definition) is 6. The van der Waals surface area contributed by atoms with Gasteiger partial charge in [0.25, 0.3) is 5.91 Å². The maximum atomic E-state index is 12.5. The highest BCUT2D eigenvalue weighted by Gasteiger charge is 2.18. The van der Waals surface area contributed by atoms with Crippen molar-refractivity contribution in [2.75, 3.05) is 24.6 Å². The molecule has 1 atom stereocenters. The molecular formula is C21H21ClN4O2S. The third-order valence-electron chi connectivity index (χ3n) is 4.66. The Bertz CT molecular complexity index is 992. The minimum absolute atomic E-state index is 0.160. The van der Waals surface area contributed by atoms with Crippen molar-refractivity contribution >= 4 is 34.7 Å². The maximum absolute atomic E-state index is 12.5. The van der Waals surface area contributed by atoms with E-state index >= 15 is 0 Å². The number of carbonyl (C=O) groups is 1. The first-order valence-corrected chi connectivity index (χ1v) is 10.6. The Balaban J connectivity index is 1.36. The average molecular weight is 429 g/mol. The number of rotatable bonds is 5. The zero-order valence-corrected chi connectivity index (χ0v) is 17.5. The molecule has 1 N–H and O–H groups in total. The molecule has 6 nitrogen and oxygen atoms in total. The maximum Gasteiger partial charge on any atom is 0.263 e. The highest BCUT2D eigenvalue weighted by atomic mass is 35.5. The van der Waals surface area contributed by atoms with E-state index in [2.05, 4.69) is 27.1 Å². The van der Waals surface area contributed by atoms with Crippen LogP contribution in [0.4, 0.5) is 5.82 Å². The fraction of sp³-hybridized carbons (Fsp3) is 0.286. The number of hydrogen-bond donors (Lipinski definition) is 1. The van der Waals surface area contributed by atoms with Gasteiger partial charge in [-0.25, -0.2) is 9.97 Å². The molecule has 150 valence electrons. The smallest absolute Gasteiger partial charge is 0.263 e. The van der Waals surface area contributed by atoms with E-state index in [1.807, 2.05) is 36.4 Å². The largest absolute Gasteiger partial charge is 0.375 e. The Labute approximate surface area is 178 Å². The van der Waals surface area contributed by atoms with Crippen molar-refractivity contribution in [1.82, 2.24) is 15.3 Å². The zero-order valence-electron chi connectivity index (χ0n) is 16.0. The number of benzene rings is 1. The summed E-state index contributed by atoms with van der Waals surface area (Å²) in [7, 11) is 0. The molecular weight excluding hydrogens is 408 g/mol. The molecule has 8 heteroatoms. The molecule has 1 amide bonds. The lowest BCUT2D eigenvalue weighted by Gasteiger charge is -2.32. The van der Waals surface area contributed by atoms with Crippen molar-refractivity contribution in [3.8, 4) is 10.6 Å². The zero-order chi connectivity index (χ0) is 20.2. The summed E-state index contributed by atoms with van der Waals surface area (Å²) in [5.41, 5.74) is 1.77. The number of thiazole rings is 1. The van der Waals surface area contributed by atoms with Crippen molar-refractivity contribution in [2.24, 2.45) is 0 Å². The molecule has 1 fully saturated rings. The molecule has 3 aromatic rings. The normalized spacial score (nSPS) is 16.6. The lowest BCUT2D eigenvalue weighted by atomic mass is 10.2. The van der Waals surface area contributed by atoms with Crippen LogP contribution in [0.2, 0.25) is 5.02 Å². The molecule has 1 saturated heterocycles. The molecule has 3 heterocycles. The number of nitrogens with one attached hydrogen (secondary N) is 1. The van der Waals surface area contributed by atoms with Gasteiger partial charge in [0.05, 0.1) is 23.9 Å². The third-order valence-corrected chi connectivity index (χ3v) is 6.02. The van der Waals surface area contributed by atoms with Gasteiger partial charge in [-0.1, -0.05) is 35.9 Å². The van der Waals surface area contributed by atoms with Gasteiger partial charge in [-0.05, 0) is 24.6 Å². The second-order valence-corrected chi connectivity index (χ2v) is 8.28. The van der Waals surface area contributed by atoms with Crippen molar-refractivity contribution < 1.29 is 9.53 Å². The first kappa shape index (κ1) is 19.8. The lowest BCUT2D eigenvalue weighted by Crippen LogP contribution is -2.41. The first-order valence-electron chi connectivity index (χ1n) is 9.40. The van der Waals surface area contributed by atoms with Gasteiger partial charge in [0.15, 0.2) is 0 Å². The summed E-state index contributed by atoms with van der Waals surface area (Å²) in [6, 6.07) is 11.5. The van der Waals surface area contributed by atoms with Gasteiger partial charge in [0.2, 0.25) is 0 Å². The van der Waals surface area contributed by atoms with E-state index in [-0.39, 0.29) is 12.0 Å². The second kappa shape index (κ2) is 8.90. The van der Waals surface area contributed by atoms with Gasteiger partial charge in [0.1, 0.15) is 15.7 Å². The monoisotopic (exact) mass is 428 g/mol. The molecule has 0 bridgehead atoms. The molecule has 0 aliphatic carbocycles. The van der Waals surface area contributed by atoms with E-state index in [4.69, 9.17) is 16.3 Å². The number of nitrogens with zero attached hydrogens (tertiary/aromatic N) is 3. The van der Waals surface area contributed by atoms with Crippen LogP contribution in [0.15, 0.2) is 48.8 Å². The standard InChI is InChI=1S/C21H21ClN4O2S/c1-14-13-26(8-9-28-14)19-7-6-15(10-23-19)11-24-20(27)18-12-25-21(29-18)16-4-2-3-5-17(16)22/h2-7,10,12,14H,8-9,11,13H2,1H3,(H,24,27). The Morgan fingerprint density at radius 3 is 2.90 bits per heavy atom. The van der Waals surface area contributed by atoms with Crippen LogP contribution in [-0.4, -0.2) is 41.7 Å². The SMILES string of the molecule is CC1CN(c2ccc(CNC(=O)c3cnc(-c4ccccc4Cl)s3)cn2)CCO1. The van der Waals surface area contributed by atoms with Crippen LogP contribution in [-0.2, 0) is 11.3 Å². The number of ether oxygens (including phenoxy) is 1. The van der Waals surface area contributed by atoms with Gasteiger partial charge in [-0.3, -0.25) is 4.79 Å². The molecule has 0 saturated carbocycles. The predicted molar refractivity (Wildman–Crippen MR) is 116 cm³/mol. The minimum Gasteiger partial charge on any atom is -0.375 e. The van der Waals surface area contributed by atoms with Crippen LogP contribution in [0.5, 0.6) is 0 Å². The van der Waals surface area contributed by atoms with Gasteiger partial charge in [-0.15, -0.1) is 11.3 Å². The molecule has 0 spiro atoms. The Morgan fingerprint density at radius 2 is 2.14 bits per heavy atom. The van der Waals surface area contributed by atoms with Gasteiger partial charge in [-0.2, -0.15) is 0 Å². The second-order valence-electron chi connectivity index (χ2n) is 6.84. The summed E-state index contributed by atoms with van der Waals surface area (Å²) >= 11 is 7.54. The van der Waals surface area contributed by atoms with Crippen LogP contribution in [0.3, 0.4) is 0 Å². The Hall–Kier alpha value is -2.48. The fourth-order valence-corrected chi connectivity index (χ4v) is 4.30. The molecule has 1 unspecified atom stereocenters. The van der Waals surface area contributed by atoms with E-state index in [1.165, 1.54) is 11.3 Å². The summed E-state index contributed by atoms with van der Waals surface area (Å²) < 4.78 is 5.57. The predicted octanol–water partition coefficient (Wildman–Crippen LogP) is 4.01. The van der Waals surface area contributed by atoms with Crippen molar-refractivity contribution in [2.45, 2.75) is 19.6 Å². The number of halogens is 1. The number of morpholine rings is 1. The summed E-state index contributed by atoms with van der Waals surface area (Å²) in [6.07, 6.45) is 3.59. The summed E-state index contributed by atoms with van der Waals surface area (Å²) in [5, 5.41) is 4.27. The fourth-order valence-electron chi connectivity index (χ4n) is 3.14. The van der Waals surface area contributed by atoms with Crippen LogP contribution >= 0.6 is 22.9 Å². The third kappa shape index (κ3) is 4.75. The topological polar surface area (TPSA) is 67.4 Å². The quantitative estimate of drug-likeness (QED) is 0.665. The number of pyridine rings is 1. The number of amides is 1. The highest BCUT2D eigenvalue weighted by Crippen LogP contribution is 2.30. The molecule has 1 aliphatic rings. The summed E-state index contributed by atoms with van der Waals surface area (Å²) in [5.74, 6) is 0.772. The van der Waals surface area contributed by atoms with E-state index in [0.717, 1.165) is 35.0 Å². The Kier molecular flexibility index (Phi) is 6.08. The molecule has 1 aliphatic heterocycles. The van der Waals surface area contributed by atoms with Crippen LogP contribution in [0.1, 0.15) is 22.2 Å². The van der Waals surface area contributed by atoms with Crippen LogP contribution < -0.4 is 10.2 Å². The number of carbonyl (C=O) groups excluding carboxylic acids is 1. The van der Waals surface area contributed by atoms with Gasteiger partial charge >= 0.3 is 0 Å². The van der Waals surface area contributed by atoms with Crippen LogP contribution in [0.25, 0.3) is 10.6 Å². The van der Waals surface area contributed by atoms with E-state index in [9.17, 15) is 4.79 Å². The molecule has 29 heavy (non-hydrogen) atoms. The summed E-state index contributed by atoms with van der Waals surface area (Å²) in [4.78, 5) is 24.1. The summed E-state index contributed by atoms with van der Waals surface area (Å²) in [6.45, 7) is 4.86. The average Bonchev–Trinajstić information content (AvgIpc) is 3.23. The number of aromatic nitrogens is 2. The molecule has 4 rings (SSSR count). The van der Waals surface area contributed by atoms with Crippen molar-refractivity contribution in [3.63, 3.8) is 0 Å². The molecule has 1 aromatic carbocycles. The van der Waals surface area contributed by atoms with Gasteiger partial charge < -0.3 is 15.0 Å². The van der Waals surface area contributed by atoms with E-state index in [1.54, 1.807) is 12.4 Å². The number of anilines is 1. The van der Waals surface area contributed by atoms with Crippen LogP contribution in [0, 0.1) is 0 Å². The van der Waals surface area contributed by atoms with Gasteiger partial charge in [0, 0.05) is 31.4 Å². The minimum atomic E-state index is -0.160. The lowest BCUT2D eigenvalue weighted by molar-refractivity contribution is 0.0529. The molecule has 2 aromatic heterocycles. The Morgan fingerprint density at radius 1 is 1.28 bits per heavy atom. The van der Waals surface area contributed by atoms with Crippen molar-refractivity contribution in [1.29, 1.82) is 0 Å². The van der Waals surface area contributed by atoms with E-state index < -0.39 is 0 Å². The molecule has 0 radical (unpaired) electrons.